The first-order valence-electron chi connectivity index (χ1n) is 8.80. The number of nitrogens with zero attached hydrogens (tertiary/aromatic N) is 1. The van der Waals surface area contributed by atoms with E-state index in [0.29, 0.717) is 17.9 Å². The van der Waals surface area contributed by atoms with Crippen LogP contribution in [0.15, 0.2) is 84.3 Å². The third kappa shape index (κ3) is 3.81. The lowest BCUT2D eigenvalue weighted by Gasteiger charge is -2.39. The molecule has 2 aromatic rings. The third-order valence-electron chi connectivity index (χ3n) is 5.01. The number of aryl methyl sites for hydroxylation is 1. The smallest absolute Gasteiger partial charge is 0.185 e. The van der Waals surface area contributed by atoms with Gasteiger partial charge in [0.2, 0.25) is 0 Å². The molecule has 3 nitrogen and oxygen atoms in total. The summed E-state index contributed by atoms with van der Waals surface area (Å²) in [5.41, 5.74) is 3.00. The minimum atomic E-state index is -3.44. The molecule has 0 amide bonds. The number of rotatable bonds is 5. The van der Waals surface area contributed by atoms with Crippen LogP contribution in [0, 0.1) is 6.92 Å². The fraction of sp³-hybridized carbons (Fsp3) is 0.273. The summed E-state index contributed by atoms with van der Waals surface area (Å²) in [4.78, 5) is 2.61. The molecule has 4 heteroatoms. The highest BCUT2D eigenvalue weighted by atomic mass is 32.2. The topological polar surface area (TPSA) is 37.4 Å². The Balaban J connectivity index is 1.82. The Morgan fingerprint density at radius 2 is 1.77 bits per heavy atom. The Labute approximate surface area is 156 Å². The van der Waals surface area contributed by atoms with Gasteiger partial charge in [-0.1, -0.05) is 60.7 Å². The van der Waals surface area contributed by atoms with E-state index >= 15 is 0 Å². The van der Waals surface area contributed by atoms with Gasteiger partial charge in [-0.3, -0.25) is 4.90 Å². The summed E-state index contributed by atoms with van der Waals surface area (Å²) in [5.74, 6) is 0. The fourth-order valence-corrected chi connectivity index (χ4v) is 5.30. The van der Waals surface area contributed by atoms with Gasteiger partial charge in [0.15, 0.2) is 9.84 Å². The average Bonchev–Trinajstić information content (AvgIpc) is 2.63. The Hall–Kier alpha value is -2.17. The van der Waals surface area contributed by atoms with E-state index in [2.05, 4.69) is 30.2 Å². The van der Waals surface area contributed by atoms with Crippen molar-refractivity contribution in [1.29, 1.82) is 0 Å². The molecule has 1 saturated heterocycles. The van der Waals surface area contributed by atoms with Gasteiger partial charge in [-0.15, -0.1) is 6.58 Å². The number of benzene rings is 2. The summed E-state index contributed by atoms with van der Waals surface area (Å²) in [5, 5.41) is -0.569. The first-order valence-corrected chi connectivity index (χ1v) is 10.3. The second kappa shape index (κ2) is 7.60. The summed E-state index contributed by atoms with van der Waals surface area (Å²) in [6.45, 7) is 11.3. The molecule has 0 spiro atoms. The third-order valence-corrected chi connectivity index (χ3v) is 7.21. The Morgan fingerprint density at radius 3 is 2.38 bits per heavy atom. The van der Waals surface area contributed by atoms with Gasteiger partial charge in [0, 0.05) is 19.1 Å². The van der Waals surface area contributed by atoms with Crippen molar-refractivity contribution in [3.63, 3.8) is 0 Å². The van der Waals surface area contributed by atoms with Crippen molar-refractivity contribution in [2.45, 2.75) is 36.1 Å². The first-order chi connectivity index (χ1) is 12.4. The summed E-state index contributed by atoms with van der Waals surface area (Å²) in [7, 11) is -3.44. The van der Waals surface area contributed by atoms with Gasteiger partial charge in [0.05, 0.1) is 10.1 Å². The molecular weight excluding hydrogens is 342 g/mol. The molecule has 3 rings (SSSR count). The zero-order valence-electron chi connectivity index (χ0n) is 15.1. The minimum Gasteiger partial charge on any atom is -0.289 e. The monoisotopic (exact) mass is 367 g/mol. The zero-order valence-corrected chi connectivity index (χ0v) is 16.0. The van der Waals surface area contributed by atoms with Crippen molar-refractivity contribution in [3.05, 3.63) is 90.5 Å². The summed E-state index contributed by atoms with van der Waals surface area (Å²) < 4.78 is 26.2. The van der Waals surface area contributed by atoms with Crippen molar-refractivity contribution in [3.8, 4) is 0 Å². The van der Waals surface area contributed by atoms with Crippen molar-refractivity contribution in [1.82, 2.24) is 4.90 Å². The highest BCUT2D eigenvalue weighted by Crippen LogP contribution is 2.32. The van der Waals surface area contributed by atoms with Crippen molar-refractivity contribution < 1.29 is 8.42 Å². The van der Waals surface area contributed by atoms with Crippen LogP contribution in [0.2, 0.25) is 0 Å². The number of sulfone groups is 1. The highest BCUT2D eigenvalue weighted by Gasteiger charge is 2.37. The maximum atomic E-state index is 13.1. The maximum absolute atomic E-state index is 13.1. The SMILES string of the molecule is C=C[C@H]1C[C@H](S(=O)(=O)c2ccc(C)cc2)C(=C)CN1Cc1ccccc1. The molecule has 0 aromatic heterocycles. The van der Waals surface area contributed by atoms with Crippen LogP contribution >= 0.6 is 0 Å². The fourth-order valence-electron chi connectivity index (χ4n) is 3.49. The van der Waals surface area contributed by atoms with Gasteiger partial charge in [0.25, 0.3) is 0 Å². The van der Waals surface area contributed by atoms with E-state index in [4.69, 9.17) is 0 Å². The molecule has 1 aliphatic rings. The molecule has 0 saturated carbocycles. The molecule has 1 heterocycles. The second-order valence-corrected chi connectivity index (χ2v) is 9.06. The number of likely N-dealkylation sites (tertiary alicyclic amines) is 1. The maximum Gasteiger partial charge on any atom is 0.185 e. The Kier molecular flexibility index (Phi) is 5.44. The minimum absolute atomic E-state index is 0.00549. The number of piperidine rings is 1. The summed E-state index contributed by atoms with van der Waals surface area (Å²) in [6, 6.07) is 17.3. The van der Waals surface area contributed by atoms with Crippen molar-refractivity contribution >= 4 is 9.84 Å². The van der Waals surface area contributed by atoms with Gasteiger partial charge in [-0.2, -0.15) is 0 Å². The van der Waals surface area contributed by atoms with E-state index < -0.39 is 15.1 Å². The predicted molar refractivity (Wildman–Crippen MR) is 107 cm³/mol. The van der Waals surface area contributed by atoms with Crippen LogP contribution in [0.5, 0.6) is 0 Å². The molecule has 2 atom stereocenters. The van der Waals surface area contributed by atoms with Crippen LogP contribution in [0.4, 0.5) is 0 Å². The van der Waals surface area contributed by atoms with Crippen LogP contribution in [0.3, 0.4) is 0 Å². The van der Waals surface area contributed by atoms with E-state index in [1.807, 2.05) is 43.3 Å². The van der Waals surface area contributed by atoms with Gasteiger partial charge < -0.3 is 0 Å². The summed E-state index contributed by atoms with van der Waals surface area (Å²) in [6.07, 6.45) is 2.35. The van der Waals surface area contributed by atoms with E-state index in [0.717, 1.165) is 17.7 Å². The van der Waals surface area contributed by atoms with E-state index in [1.165, 1.54) is 5.56 Å². The molecular formula is C22H25NO2S. The number of hydrogen-bond acceptors (Lipinski definition) is 3. The van der Waals surface area contributed by atoms with Gasteiger partial charge in [-0.25, -0.2) is 8.42 Å². The Morgan fingerprint density at radius 1 is 1.12 bits per heavy atom. The van der Waals surface area contributed by atoms with Crippen LogP contribution in [-0.2, 0) is 16.4 Å². The molecule has 0 unspecified atom stereocenters. The Bertz CT molecular complexity index is 885. The predicted octanol–water partition coefficient (Wildman–Crippen LogP) is 4.15. The molecule has 0 bridgehead atoms. The average molecular weight is 368 g/mol. The lowest BCUT2D eigenvalue weighted by molar-refractivity contribution is 0.206. The van der Waals surface area contributed by atoms with Crippen LogP contribution in [-0.4, -0.2) is 31.2 Å². The number of hydrogen-bond donors (Lipinski definition) is 0. The molecule has 0 aliphatic carbocycles. The normalized spacial score (nSPS) is 21.5. The second-order valence-electron chi connectivity index (χ2n) is 6.93. The van der Waals surface area contributed by atoms with E-state index in [-0.39, 0.29) is 6.04 Å². The van der Waals surface area contributed by atoms with E-state index in [9.17, 15) is 8.42 Å². The van der Waals surface area contributed by atoms with Crippen LogP contribution < -0.4 is 0 Å². The van der Waals surface area contributed by atoms with Crippen LogP contribution in [0.1, 0.15) is 17.5 Å². The van der Waals surface area contributed by atoms with Gasteiger partial charge >= 0.3 is 0 Å². The van der Waals surface area contributed by atoms with E-state index in [1.54, 1.807) is 12.1 Å². The quantitative estimate of drug-likeness (QED) is 0.745. The lowest BCUT2D eigenvalue weighted by Crippen LogP contribution is -2.46. The molecule has 2 aromatic carbocycles. The molecule has 1 fully saturated rings. The van der Waals surface area contributed by atoms with Crippen LogP contribution in [0.25, 0.3) is 0 Å². The molecule has 0 N–H and O–H groups in total. The molecule has 26 heavy (non-hydrogen) atoms. The van der Waals surface area contributed by atoms with Crippen molar-refractivity contribution in [2.24, 2.45) is 0 Å². The standard InChI is InChI=1S/C22H25NO2S/c1-4-20-14-22(26(24,25)21-12-10-17(2)11-13-21)18(3)15-23(20)16-19-8-6-5-7-9-19/h4-13,20,22H,1,3,14-16H2,2H3/t20-,22-/m0/s1. The lowest BCUT2D eigenvalue weighted by atomic mass is 9.97. The van der Waals surface area contributed by atoms with Crippen molar-refractivity contribution in [2.75, 3.05) is 6.54 Å². The van der Waals surface area contributed by atoms with Gasteiger partial charge in [0.1, 0.15) is 0 Å². The molecule has 0 radical (unpaired) electrons. The molecule has 136 valence electrons. The van der Waals surface area contributed by atoms with Gasteiger partial charge in [-0.05, 0) is 36.6 Å². The molecule has 1 aliphatic heterocycles. The highest BCUT2D eigenvalue weighted by molar-refractivity contribution is 7.92. The summed E-state index contributed by atoms with van der Waals surface area (Å²) >= 11 is 0. The largest absolute Gasteiger partial charge is 0.289 e. The zero-order chi connectivity index (χ0) is 18.7. The first kappa shape index (κ1) is 18.6.